The van der Waals surface area contributed by atoms with E-state index in [9.17, 15) is 4.79 Å². The van der Waals surface area contributed by atoms with Crippen LogP contribution < -0.4 is 0 Å². The lowest BCUT2D eigenvalue weighted by molar-refractivity contribution is -0.130. The van der Waals surface area contributed by atoms with Gasteiger partial charge in [0, 0.05) is 49.2 Å². The van der Waals surface area contributed by atoms with Crippen molar-refractivity contribution in [1.82, 2.24) is 19.9 Å². The van der Waals surface area contributed by atoms with Gasteiger partial charge in [0.15, 0.2) is 5.82 Å². The lowest BCUT2D eigenvalue weighted by Gasteiger charge is -2.34. The van der Waals surface area contributed by atoms with E-state index in [1.807, 2.05) is 30.2 Å². The monoisotopic (exact) mass is 324 g/mol. The van der Waals surface area contributed by atoms with Gasteiger partial charge < -0.3 is 9.64 Å². The topological polar surface area (TPSA) is 68.2 Å². The van der Waals surface area contributed by atoms with Crippen molar-refractivity contribution in [3.8, 4) is 11.4 Å². The van der Waals surface area contributed by atoms with Crippen molar-refractivity contribution in [2.75, 3.05) is 19.7 Å². The summed E-state index contributed by atoms with van der Waals surface area (Å²) in [6.07, 6.45) is 6.79. The van der Waals surface area contributed by atoms with E-state index in [1.165, 1.54) is 0 Å². The Morgan fingerprint density at radius 2 is 2.33 bits per heavy atom. The largest absolute Gasteiger partial charge is 0.376 e. The molecular weight excluding hydrogens is 304 g/mol. The van der Waals surface area contributed by atoms with Gasteiger partial charge in [-0.3, -0.25) is 9.78 Å². The molecule has 0 radical (unpaired) electrons. The summed E-state index contributed by atoms with van der Waals surface area (Å²) in [6, 6.07) is 3.84. The minimum atomic E-state index is -0.210. The van der Waals surface area contributed by atoms with Crippen LogP contribution >= 0.6 is 0 Å². The number of nitrogens with zero attached hydrogens (tertiary/aromatic N) is 4. The molecule has 6 heteroatoms. The van der Waals surface area contributed by atoms with E-state index in [1.54, 1.807) is 12.4 Å². The second-order valence-corrected chi connectivity index (χ2v) is 6.50. The van der Waals surface area contributed by atoms with Crippen molar-refractivity contribution in [3.63, 3.8) is 0 Å². The van der Waals surface area contributed by atoms with Crippen molar-refractivity contribution >= 4 is 5.91 Å². The van der Waals surface area contributed by atoms with Gasteiger partial charge in [0.25, 0.3) is 0 Å². The van der Waals surface area contributed by atoms with E-state index in [2.05, 4.69) is 9.97 Å². The van der Waals surface area contributed by atoms with Crippen LogP contribution in [-0.4, -0.2) is 45.5 Å². The quantitative estimate of drug-likeness (QED) is 0.844. The van der Waals surface area contributed by atoms with Gasteiger partial charge in [0.05, 0.1) is 24.3 Å². The van der Waals surface area contributed by atoms with Crippen LogP contribution in [0.25, 0.3) is 11.4 Å². The summed E-state index contributed by atoms with van der Waals surface area (Å²) in [4.78, 5) is 27.5. The van der Waals surface area contributed by atoms with E-state index >= 15 is 0 Å². The summed E-state index contributed by atoms with van der Waals surface area (Å²) in [5, 5.41) is 0. The third-order valence-electron chi connectivity index (χ3n) is 4.93. The van der Waals surface area contributed by atoms with E-state index in [0.29, 0.717) is 32.0 Å². The fourth-order valence-corrected chi connectivity index (χ4v) is 3.65. The van der Waals surface area contributed by atoms with Crippen molar-refractivity contribution < 1.29 is 9.53 Å². The number of pyridine rings is 1. The molecule has 1 amide bonds. The third kappa shape index (κ3) is 2.47. The predicted molar refractivity (Wildman–Crippen MR) is 88.1 cm³/mol. The van der Waals surface area contributed by atoms with E-state index in [0.717, 1.165) is 29.8 Å². The normalized spacial score (nSPS) is 22.6. The Hall–Kier alpha value is -2.34. The number of ether oxygens (including phenoxy) is 1. The average molecular weight is 324 g/mol. The summed E-state index contributed by atoms with van der Waals surface area (Å²) in [5.41, 5.74) is 2.76. The van der Waals surface area contributed by atoms with Crippen LogP contribution in [0.2, 0.25) is 0 Å². The van der Waals surface area contributed by atoms with E-state index in [4.69, 9.17) is 9.72 Å². The number of amides is 1. The van der Waals surface area contributed by atoms with Gasteiger partial charge in [-0.25, -0.2) is 9.97 Å². The SMILES string of the molecule is CCC(=O)N1CCC2(COCc3cnc(-c4cccnc4)nc32)C1. The zero-order valence-electron chi connectivity index (χ0n) is 13.7. The number of likely N-dealkylation sites (tertiary alicyclic amines) is 1. The van der Waals surface area contributed by atoms with Gasteiger partial charge in [-0.1, -0.05) is 6.92 Å². The summed E-state index contributed by atoms with van der Waals surface area (Å²) < 4.78 is 5.81. The number of fused-ring (bicyclic) bond motifs is 2. The third-order valence-corrected chi connectivity index (χ3v) is 4.93. The van der Waals surface area contributed by atoms with Crippen molar-refractivity contribution in [3.05, 3.63) is 42.0 Å². The molecule has 2 aliphatic rings. The first-order valence-electron chi connectivity index (χ1n) is 8.34. The molecule has 1 atom stereocenters. The number of carbonyl (C=O) groups excluding carboxylic acids is 1. The fourth-order valence-electron chi connectivity index (χ4n) is 3.65. The highest BCUT2D eigenvalue weighted by molar-refractivity contribution is 5.76. The molecule has 6 nitrogen and oxygen atoms in total. The Kier molecular flexibility index (Phi) is 3.76. The average Bonchev–Trinajstić information content (AvgIpc) is 3.07. The van der Waals surface area contributed by atoms with Gasteiger partial charge in [-0.2, -0.15) is 0 Å². The molecule has 1 saturated heterocycles. The van der Waals surface area contributed by atoms with Crippen LogP contribution in [0.15, 0.2) is 30.7 Å². The smallest absolute Gasteiger partial charge is 0.222 e. The van der Waals surface area contributed by atoms with Crippen molar-refractivity contribution in [1.29, 1.82) is 0 Å². The predicted octanol–water partition coefficient (Wildman–Crippen LogP) is 1.95. The Bertz CT molecular complexity index is 765. The number of aromatic nitrogens is 3. The zero-order chi connectivity index (χ0) is 16.6. The second kappa shape index (κ2) is 5.94. The molecule has 0 aromatic carbocycles. The maximum atomic E-state index is 12.1. The Labute approximate surface area is 140 Å². The maximum absolute atomic E-state index is 12.1. The van der Waals surface area contributed by atoms with Crippen LogP contribution in [-0.2, 0) is 21.6 Å². The number of carbonyl (C=O) groups is 1. The first-order valence-corrected chi connectivity index (χ1v) is 8.34. The molecule has 4 heterocycles. The van der Waals surface area contributed by atoms with Crippen LogP contribution in [0.5, 0.6) is 0 Å². The lowest BCUT2D eigenvalue weighted by Crippen LogP contribution is -2.41. The van der Waals surface area contributed by atoms with Crippen LogP contribution in [0.3, 0.4) is 0 Å². The highest BCUT2D eigenvalue weighted by atomic mass is 16.5. The molecule has 2 aromatic rings. The molecule has 124 valence electrons. The van der Waals surface area contributed by atoms with Crippen molar-refractivity contribution in [2.45, 2.75) is 31.8 Å². The Morgan fingerprint density at radius 3 is 3.12 bits per heavy atom. The van der Waals surface area contributed by atoms with E-state index < -0.39 is 0 Å². The molecular formula is C18H20N4O2. The Balaban J connectivity index is 1.73. The van der Waals surface area contributed by atoms with Gasteiger partial charge in [-0.05, 0) is 18.6 Å². The number of hydrogen-bond acceptors (Lipinski definition) is 5. The summed E-state index contributed by atoms with van der Waals surface area (Å²) >= 11 is 0. The molecule has 4 rings (SSSR count). The molecule has 1 unspecified atom stereocenters. The van der Waals surface area contributed by atoms with Crippen LogP contribution in [0.4, 0.5) is 0 Å². The standard InChI is InChI=1S/C18H20N4O2/c1-2-15(23)22-7-5-18(11-22)12-24-10-14-9-20-17(21-16(14)18)13-4-3-6-19-8-13/h3-4,6,8-9H,2,5,7,10-12H2,1H3. The Morgan fingerprint density at radius 1 is 1.42 bits per heavy atom. The first kappa shape index (κ1) is 15.2. The van der Waals surface area contributed by atoms with Gasteiger partial charge in [0.2, 0.25) is 5.91 Å². The highest BCUT2D eigenvalue weighted by Gasteiger charge is 2.45. The zero-order valence-corrected chi connectivity index (χ0v) is 13.7. The molecule has 2 aliphatic heterocycles. The molecule has 0 aliphatic carbocycles. The molecule has 0 saturated carbocycles. The van der Waals surface area contributed by atoms with Crippen LogP contribution in [0.1, 0.15) is 31.0 Å². The molecule has 0 N–H and O–H groups in total. The van der Waals surface area contributed by atoms with Gasteiger partial charge in [0.1, 0.15) is 0 Å². The van der Waals surface area contributed by atoms with Gasteiger partial charge >= 0.3 is 0 Å². The summed E-state index contributed by atoms with van der Waals surface area (Å²) in [5.74, 6) is 0.879. The van der Waals surface area contributed by atoms with Crippen LogP contribution in [0, 0.1) is 0 Å². The van der Waals surface area contributed by atoms with E-state index in [-0.39, 0.29) is 11.3 Å². The summed E-state index contributed by atoms with van der Waals surface area (Å²) in [7, 11) is 0. The second-order valence-electron chi connectivity index (χ2n) is 6.50. The molecule has 1 spiro atoms. The number of hydrogen-bond donors (Lipinski definition) is 0. The maximum Gasteiger partial charge on any atom is 0.222 e. The van der Waals surface area contributed by atoms with Gasteiger partial charge in [-0.15, -0.1) is 0 Å². The van der Waals surface area contributed by atoms with Crippen molar-refractivity contribution in [2.24, 2.45) is 0 Å². The first-order chi connectivity index (χ1) is 11.7. The molecule has 2 aromatic heterocycles. The molecule has 1 fully saturated rings. The fraction of sp³-hybridized carbons (Fsp3) is 0.444. The summed E-state index contributed by atoms with van der Waals surface area (Å²) in [6.45, 7) is 4.49. The highest BCUT2D eigenvalue weighted by Crippen LogP contribution is 2.39. The lowest BCUT2D eigenvalue weighted by atomic mass is 9.80. The molecule has 24 heavy (non-hydrogen) atoms. The minimum absolute atomic E-state index is 0.195. The molecule has 0 bridgehead atoms. The number of rotatable bonds is 2. The minimum Gasteiger partial charge on any atom is -0.376 e.